The molecule has 4 nitrogen and oxygen atoms in total. The number of carbonyl (C=O) groups excluding carboxylic acids is 1. The van der Waals surface area contributed by atoms with Crippen LogP contribution >= 0.6 is 0 Å². The van der Waals surface area contributed by atoms with Crippen molar-refractivity contribution < 1.29 is 4.79 Å². The Morgan fingerprint density at radius 3 is 2.63 bits per heavy atom. The van der Waals surface area contributed by atoms with E-state index in [1.807, 2.05) is 0 Å². The molecule has 0 aromatic carbocycles. The molecular weight excluding hydrogens is 238 g/mol. The molecular formula is C15H25N3O. The van der Waals surface area contributed by atoms with E-state index in [9.17, 15) is 4.79 Å². The summed E-state index contributed by atoms with van der Waals surface area (Å²) in [5, 5.41) is 0. The maximum Gasteiger partial charge on any atom is 0.237 e. The summed E-state index contributed by atoms with van der Waals surface area (Å²) >= 11 is 0. The molecule has 2 heterocycles. The van der Waals surface area contributed by atoms with E-state index >= 15 is 0 Å². The van der Waals surface area contributed by atoms with Gasteiger partial charge in [0.1, 0.15) is 0 Å². The number of hydrogen-bond acceptors (Lipinski definition) is 3. The van der Waals surface area contributed by atoms with Gasteiger partial charge in [0.15, 0.2) is 0 Å². The summed E-state index contributed by atoms with van der Waals surface area (Å²) in [4.78, 5) is 18.9. The molecule has 4 heteroatoms. The minimum Gasteiger partial charge on any atom is -0.334 e. The van der Waals surface area contributed by atoms with Crippen molar-refractivity contribution >= 4 is 5.91 Å². The maximum atomic E-state index is 12.3. The first-order chi connectivity index (χ1) is 9.24. The van der Waals surface area contributed by atoms with Crippen molar-refractivity contribution in [2.45, 2.75) is 18.9 Å². The van der Waals surface area contributed by atoms with Crippen LogP contribution in [0, 0.1) is 0 Å². The molecule has 2 aliphatic rings. The van der Waals surface area contributed by atoms with Crippen molar-refractivity contribution in [3.05, 3.63) is 25.3 Å². The van der Waals surface area contributed by atoms with E-state index < -0.39 is 0 Å². The van der Waals surface area contributed by atoms with Gasteiger partial charge in [-0.05, 0) is 19.4 Å². The highest BCUT2D eigenvalue weighted by atomic mass is 16.2. The lowest BCUT2D eigenvalue weighted by molar-refractivity contribution is -0.132. The summed E-state index contributed by atoms with van der Waals surface area (Å²) in [5.74, 6) is 0.186. The summed E-state index contributed by atoms with van der Waals surface area (Å²) in [5.41, 5.74) is 0. The smallest absolute Gasteiger partial charge is 0.237 e. The molecule has 2 fully saturated rings. The quantitative estimate of drug-likeness (QED) is 0.668. The van der Waals surface area contributed by atoms with E-state index in [-0.39, 0.29) is 5.91 Å². The van der Waals surface area contributed by atoms with Gasteiger partial charge in [-0.25, -0.2) is 0 Å². The Kier molecular flexibility index (Phi) is 5.16. The van der Waals surface area contributed by atoms with Crippen LogP contribution in [0.25, 0.3) is 0 Å². The molecule has 0 saturated carbocycles. The lowest BCUT2D eigenvalue weighted by Gasteiger charge is -2.37. The van der Waals surface area contributed by atoms with E-state index in [1.54, 1.807) is 17.1 Å². The Morgan fingerprint density at radius 1 is 1.21 bits per heavy atom. The molecule has 1 amide bonds. The van der Waals surface area contributed by atoms with Gasteiger partial charge in [-0.2, -0.15) is 0 Å². The molecule has 0 N–H and O–H groups in total. The first-order valence-corrected chi connectivity index (χ1v) is 7.20. The molecule has 0 spiro atoms. The fourth-order valence-electron chi connectivity index (χ4n) is 3.08. The number of amides is 1. The summed E-state index contributed by atoms with van der Waals surface area (Å²) in [6, 6.07) is 0.675. The Bertz CT molecular complexity index is 332. The molecule has 1 atom stereocenters. The van der Waals surface area contributed by atoms with Gasteiger partial charge in [0.25, 0.3) is 0 Å². The van der Waals surface area contributed by atoms with Crippen LogP contribution in [0.3, 0.4) is 0 Å². The fraction of sp³-hybridized carbons (Fsp3) is 0.667. The van der Waals surface area contributed by atoms with Gasteiger partial charge in [0.05, 0.1) is 6.54 Å². The molecule has 2 aliphatic heterocycles. The Hall–Kier alpha value is -1.13. The molecule has 0 unspecified atom stereocenters. The number of carbonyl (C=O) groups is 1. The number of piperazine rings is 1. The Labute approximate surface area is 116 Å². The first-order valence-electron chi connectivity index (χ1n) is 7.20. The van der Waals surface area contributed by atoms with Crippen molar-refractivity contribution in [1.29, 1.82) is 0 Å². The van der Waals surface area contributed by atoms with Crippen molar-refractivity contribution in [2.24, 2.45) is 0 Å². The van der Waals surface area contributed by atoms with Crippen LogP contribution in [-0.2, 0) is 4.79 Å². The molecule has 106 valence electrons. The summed E-state index contributed by atoms with van der Waals surface area (Å²) in [6.45, 7) is 13.6. The van der Waals surface area contributed by atoms with Gasteiger partial charge < -0.3 is 4.90 Å². The van der Waals surface area contributed by atoms with E-state index in [0.29, 0.717) is 25.7 Å². The van der Waals surface area contributed by atoms with Crippen LogP contribution in [-0.4, -0.2) is 72.5 Å². The second-order valence-electron chi connectivity index (χ2n) is 5.44. The predicted molar refractivity (Wildman–Crippen MR) is 78.0 cm³/mol. The zero-order valence-electron chi connectivity index (χ0n) is 11.8. The Morgan fingerprint density at radius 2 is 1.95 bits per heavy atom. The van der Waals surface area contributed by atoms with Crippen molar-refractivity contribution in [3.8, 4) is 0 Å². The SMILES string of the molecule is C=CCN(CC=C)C(=O)CN1CCN2CCC[C@H]2C1. The summed E-state index contributed by atoms with van der Waals surface area (Å²) < 4.78 is 0. The zero-order valence-corrected chi connectivity index (χ0v) is 11.8. The minimum atomic E-state index is 0.186. The van der Waals surface area contributed by atoms with Gasteiger partial charge in [0.2, 0.25) is 5.91 Å². The third kappa shape index (κ3) is 3.67. The molecule has 0 aromatic rings. The first kappa shape index (κ1) is 14.3. The minimum absolute atomic E-state index is 0.186. The molecule has 19 heavy (non-hydrogen) atoms. The van der Waals surface area contributed by atoms with Crippen LogP contribution in [0.1, 0.15) is 12.8 Å². The highest BCUT2D eigenvalue weighted by Gasteiger charge is 2.31. The maximum absolute atomic E-state index is 12.3. The van der Waals surface area contributed by atoms with Crippen LogP contribution in [0.4, 0.5) is 0 Å². The summed E-state index contributed by atoms with van der Waals surface area (Å²) in [6.07, 6.45) is 6.14. The fourth-order valence-corrected chi connectivity index (χ4v) is 3.08. The van der Waals surface area contributed by atoms with Gasteiger partial charge in [-0.15, -0.1) is 13.2 Å². The second-order valence-corrected chi connectivity index (χ2v) is 5.44. The van der Waals surface area contributed by atoms with E-state index in [1.165, 1.54) is 19.4 Å². The van der Waals surface area contributed by atoms with Crippen LogP contribution in [0.15, 0.2) is 25.3 Å². The average molecular weight is 263 g/mol. The van der Waals surface area contributed by atoms with Crippen LogP contribution in [0.2, 0.25) is 0 Å². The third-order valence-electron chi connectivity index (χ3n) is 4.08. The largest absolute Gasteiger partial charge is 0.334 e. The predicted octanol–water partition coefficient (Wildman–Crippen LogP) is 0.967. The Balaban J connectivity index is 1.83. The number of rotatable bonds is 6. The van der Waals surface area contributed by atoms with E-state index in [0.717, 1.165) is 19.6 Å². The lowest BCUT2D eigenvalue weighted by Crippen LogP contribution is -2.52. The van der Waals surface area contributed by atoms with E-state index in [2.05, 4.69) is 23.0 Å². The van der Waals surface area contributed by atoms with Gasteiger partial charge in [0, 0.05) is 38.8 Å². The zero-order chi connectivity index (χ0) is 13.7. The second kappa shape index (κ2) is 6.87. The molecule has 0 aliphatic carbocycles. The average Bonchev–Trinajstić information content (AvgIpc) is 2.86. The molecule has 0 radical (unpaired) electrons. The highest BCUT2D eigenvalue weighted by molar-refractivity contribution is 5.78. The number of nitrogens with zero attached hydrogens (tertiary/aromatic N) is 3. The van der Waals surface area contributed by atoms with E-state index in [4.69, 9.17) is 0 Å². The molecule has 0 aromatic heterocycles. The standard InChI is InChI=1S/C15H25N3O/c1-3-7-18(8-4-2)15(19)13-16-10-11-17-9-5-6-14(17)12-16/h3-4,14H,1-2,5-13H2/t14-/m0/s1. The highest BCUT2D eigenvalue weighted by Crippen LogP contribution is 2.21. The van der Waals surface area contributed by atoms with Crippen molar-refractivity contribution in [2.75, 3.05) is 45.8 Å². The molecule has 0 bridgehead atoms. The lowest BCUT2D eigenvalue weighted by atomic mass is 10.1. The van der Waals surface area contributed by atoms with Gasteiger partial charge in [-0.1, -0.05) is 12.2 Å². The molecule has 2 rings (SSSR count). The monoisotopic (exact) mass is 263 g/mol. The normalized spacial score (nSPS) is 23.9. The van der Waals surface area contributed by atoms with Crippen LogP contribution in [0.5, 0.6) is 0 Å². The number of hydrogen-bond donors (Lipinski definition) is 0. The topological polar surface area (TPSA) is 26.8 Å². The van der Waals surface area contributed by atoms with Crippen LogP contribution < -0.4 is 0 Å². The number of fused-ring (bicyclic) bond motifs is 1. The summed E-state index contributed by atoms with van der Waals surface area (Å²) in [7, 11) is 0. The van der Waals surface area contributed by atoms with Crippen molar-refractivity contribution in [1.82, 2.24) is 14.7 Å². The third-order valence-corrected chi connectivity index (χ3v) is 4.08. The van der Waals surface area contributed by atoms with Gasteiger partial charge >= 0.3 is 0 Å². The van der Waals surface area contributed by atoms with Gasteiger partial charge in [-0.3, -0.25) is 14.6 Å². The van der Waals surface area contributed by atoms with Crippen molar-refractivity contribution in [3.63, 3.8) is 0 Å². The molecule has 2 saturated heterocycles.